The van der Waals surface area contributed by atoms with Crippen LogP contribution in [0.5, 0.6) is 5.75 Å². The molecular weight excluding hydrogens is 240 g/mol. The van der Waals surface area contributed by atoms with E-state index in [0.717, 1.165) is 17.5 Å². The van der Waals surface area contributed by atoms with Crippen LogP contribution < -0.4 is 4.74 Å². The van der Waals surface area contributed by atoms with E-state index in [1.54, 1.807) is 24.8 Å². The number of pyridine rings is 2. The summed E-state index contributed by atoms with van der Waals surface area (Å²) >= 11 is 0. The fraction of sp³-hybridized carbons (Fsp3) is 0.333. The van der Waals surface area contributed by atoms with Crippen LogP contribution in [-0.4, -0.2) is 21.7 Å². The molecule has 0 saturated heterocycles. The number of hydrogen-bond acceptors (Lipinski definition) is 4. The lowest BCUT2D eigenvalue weighted by atomic mass is 10.0. The van der Waals surface area contributed by atoms with Crippen LogP contribution in [0, 0.1) is 6.92 Å². The summed E-state index contributed by atoms with van der Waals surface area (Å²) in [5, 5.41) is 10.3. The summed E-state index contributed by atoms with van der Waals surface area (Å²) in [7, 11) is 0. The lowest BCUT2D eigenvalue weighted by Crippen LogP contribution is -2.03. The van der Waals surface area contributed by atoms with Crippen LogP contribution in [0.1, 0.15) is 36.1 Å². The Balaban J connectivity index is 2.21. The normalized spacial score (nSPS) is 12.2. The Morgan fingerprint density at radius 3 is 2.47 bits per heavy atom. The van der Waals surface area contributed by atoms with Crippen molar-refractivity contribution in [3.05, 3.63) is 53.6 Å². The van der Waals surface area contributed by atoms with Crippen molar-refractivity contribution in [2.75, 3.05) is 6.61 Å². The first kappa shape index (κ1) is 13.5. The van der Waals surface area contributed by atoms with Crippen molar-refractivity contribution in [1.29, 1.82) is 0 Å². The van der Waals surface area contributed by atoms with Crippen molar-refractivity contribution >= 4 is 0 Å². The first-order valence-electron chi connectivity index (χ1n) is 6.38. The van der Waals surface area contributed by atoms with E-state index in [0.29, 0.717) is 17.9 Å². The van der Waals surface area contributed by atoms with Crippen LogP contribution in [0.3, 0.4) is 0 Å². The average molecular weight is 258 g/mol. The van der Waals surface area contributed by atoms with Crippen LogP contribution in [0.25, 0.3) is 0 Å². The van der Waals surface area contributed by atoms with Crippen molar-refractivity contribution in [2.24, 2.45) is 0 Å². The minimum Gasteiger partial charge on any atom is -0.492 e. The fourth-order valence-corrected chi connectivity index (χ4v) is 1.80. The van der Waals surface area contributed by atoms with Crippen LogP contribution in [0.15, 0.2) is 36.9 Å². The van der Waals surface area contributed by atoms with Gasteiger partial charge in [-0.3, -0.25) is 9.97 Å². The molecule has 2 aromatic heterocycles. The molecule has 1 N–H and O–H groups in total. The van der Waals surface area contributed by atoms with Gasteiger partial charge in [-0.1, -0.05) is 13.0 Å². The van der Waals surface area contributed by atoms with Gasteiger partial charge in [0.05, 0.1) is 12.8 Å². The van der Waals surface area contributed by atoms with E-state index in [9.17, 15) is 5.11 Å². The minimum atomic E-state index is -0.731. The Kier molecular flexibility index (Phi) is 4.47. The molecule has 19 heavy (non-hydrogen) atoms. The number of ether oxygens (including phenoxy) is 1. The summed E-state index contributed by atoms with van der Waals surface area (Å²) in [6.07, 6.45) is 6.93. The predicted octanol–water partition coefficient (Wildman–Crippen LogP) is 2.66. The van der Waals surface area contributed by atoms with Crippen molar-refractivity contribution in [3.63, 3.8) is 0 Å². The summed E-state index contributed by atoms with van der Waals surface area (Å²) in [6, 6.07) is 3.73. The van der Waals surface area contributed by atoms with Crippen molar-refractivity contribution < 1.29 is 9.84 Å². The maximum atomic E-state index is 10.3. The highest BCUT2D eigenvalue weighted by atomic mass is 16.5. The number of hydrogen-bond donors (Lipinski definition) is 1. The molecule has 4 nitrogen and oxygen atoms in total. The second-order valence-corrected chi connectivity index (χ2v) is 4.50. The quantitative estimate of drug-likeness (QED) is 0.895. The van der Waals surface area contributed by atoms with Gasteiger partial charge in [0.25, 0.3) is 0 Å². The molecule has 0 aromatic carbocycles. The molecule has 2 rings (SSSR count). The molecule has 0 aliphatic rings. The van der Waals surface area contributed by atoms with Gasteiger partial charge in [-0.25, -0.2) is 0 Å². The van der Waals surface area contributed by atoms with Gasteiger partial charge in [0.2, 0.25) is 0 Å². The number of aromatic nitrogens is 2. The third-order valence-electron chi connectivity index (χ3n) is 2.73. The SMILES string of the molecule is CCCOc1cncc(C(O)c2cncc(C)c2)c1. The Labute approximate surface area is 113 Å². The monoisotopic (exact) mass is 258 g/mol. The Hall–Kier alpha value is -1.94. The molecule has 1 atom stereocenters. The largest absolute Gasteiger partial charge is 0.492 e. The molecule has 0 bridgehead atoms. The lowest BCUT2D eigenvalue weighted by molar-refractivity contribution is 0.218. The third-order valence-corrected chi connectivity index (χ3v) is 2.73. The summed E-state index contributed by atoms with van der Waals surface area (Å²) in [4.78, 5) is 8.19. The van der Waals surface area contributed by atoms with Gasteiger partial charge >= 0.3 is 0 Å². The van der Waals surface area contributed by atoms with Crippen molar-refractivity contribution in [1.82, 2.24) is 9.97 Å². The van der Waals surface area contributed by atoms with E-state index < -0.39 is 6.10 Å². The third kappa shape index (κ3) is 3.51. The molecule has 0 aliphatic carbocycles. The van der Waals surface area contributed by atoms with Crippen molar-refractivity contribution in [2.45, 2.75) is 26.4 Å². The minimum absolute atomic E-state index is 0.646. The zero-order valence-corrected chi connectivity index (χ0v) is 11.2. The molecule has 0 fully saturated rings. The van der Waals surface area contributed by atoms with Crippen LogP contribution in [0.4, 0.5) is 0 Å². The topological polar surface area (TPSA) is 55.2 Å². The first-order chi connectivity index (χ1) is 9.20. The summed E-state index contributed by atoms with van der Waals surface area (Å²) in [5.74, 6) is 0.680. The van der Waals surface area contributed by atoms with E-state index >= 15 is 0 Å². The smallest absolute Gasteiger partial charge is 0.137 e. The highest BCUT2D eigenvalue weighted by Gasteiger charge is 2.12. The maximum absolute atomic E-state index is 10.3. The average Bonchev–Trinajstić information content (AvgIpc) is 2.44. The van der Waals surface area contributed by atoms with Crippen LogP contribution in [-0.2, 0) is 0 Å². The molecular formula is C15H18N2O2. The van der Waals surface area contributed by atoms with Crippen LogP contribution in [0.2, 0.25) is 0 Å². The molecule has 0 radical (unpaired) electrons. The number of nitrogens with zero attached hydrogens (tertiary/aromatic N) is 2. The van der Waals surface area contributed by atoms with Gasteiger partial charge in [-0.2, -0.15) is 0 Å². The van der Waals surface area contributed by atoms with Gasteiger partial charge in [0.1, 0.15) is 11.9 Å². The molecule has 0 spiro atoms. The molecule has 0 saturated carbocycles. The second-order valence-electron chi connectivity index (χ2n) is 4.50. The maximum Gasteiger partial charge on any atom is 0.137 e. The van der Waals surface area contributed by atoms with Gasteiger partial charge in [0, 0.05) is 29.7 Å². The van der Waals surface area contributed by atoms with Crippen LogP contribution >= 0.6 is 0 Å². The summed E-state index contributed by atoms with van der Waals surface area (Å²) in [5.41, 5.74) is 2.48. The number of rotatable bonds is 5. The number of aliphatic hydroxyl groups is 1. The Morgan fingerprint density at radius 2 is 1.79 bits per heavy atom. The Bertz CT molecular complexity index is 543. The molecule has 1 unspecified atom stereocenters. The lowest BCUT2D eigenvalue weighted by Gasteiger charge is -2.12. The standard InChI is InChI=1S/C15H18N2O2/c1-3-4-19-14-6-13(9-17-10-14)15(18)12-5-11(2)7-16-8-12/h5-10,15,18H,3-4H2,1-2H3. The zero-order chi connectivity index (χ0) is 13.7. The number of aryl methyl sites for hydroxylation is 1. The van der Waals surface area contributed by atoms with E-state index in [2.05, 4.69) is 9.97 Å². The molecule has 2 aromatic rings. The summed E-state index contributed by atoms with van der Waals surface area (Å²) in [6.45, 7) is 4.64. The van der Waals surface area contributed by atoms with E-state index in [4.69, 9.17) is 4.74 Å². The predicted molar refractivity (Wildman–Crippen MR) is 73.1 cm³/mol. The highest BCUT2D eigenvalue weighted by Crippen LogP contribution is 2.24. The first-order valence-corrected chi connectivity index (χ1v) is 6.38. The molecule has 2 heterocycles. The van der Waals surface area contributed by atoms with Gasteiger partial charge in [-0.05, 0) is 25.0 Å². The van der Waals surface area contributed by atoms with Gasteiger partial charge in [0.15, 0.2) is 0 Å². The van der Waals surface area contributed by atoms with Crippen molar-refractivity contribution in [3.8, 4) is 5.75 Å². The highest BCUT2D eigenvalue weighted by molar-refractivity contribution is 5.32. The molecule has 100 valence electrons. The van der Waals surface area contributed by atoms with Gasteiger partial charge < -0.3 is 9.84 Å². The Morgan fingerprint density at radius 1 is 1.11 bits per heavy atom. The molecule has 0 amide bonds. The second kappa shape index (κ2) is 6.29. The zero-order valence-electron chi connectivity index (χ0n) is 11.2. The fourth-order valence-electron chi connectivity index (χ4n) is 1.80. The van der Waals surface area contributed by atoms with E-state index in [1.165, 1.54) is 0 Å². The van der Waals surface area contributed by atoms with Gasteiger partial charge in [-0.15, -0.1) is 0 Å². The van der Waals surface area contributed by atoms with E-state index in [-0.39, 0.29) is 0 Å². The molecule has 0 aliphatic heterocycles. The summed E-state index contributed by atoms with van der Waals surface area (Å²) < 4.78 is 5.52. The number of aliphatic hydroxyl groups excluding tert-OH is 1. The van der Waals surface area contributed by atoms with E-state index in [1.807, 2.05) is 26.0 Å². The molecule has 4 heteroatoms.